The fourth-order valence-corrected chi connectivity index (χ4v) is 2.34. The van der Waals surface area contributed by atoms with E-state index in [0.717, 1.165) is 18.5 Å². The highest BCUT2D eigenvalue weighted by atomic mass is 14.9. The van der Waals surface area contributed by atoms with Crippen molar-refractivity contribution < 1.29 is 0 Å². The van der Waals surface area contributed by atoms with Crippen molar-refractivity contribution in [2.24, 2.45) is 11.3 Å². The standard InChI is InChI=1S/C12H25N/c1-5-10(3)9-12(7-8-12)11(4)13-6-2/h10-11,13H,5-9H2,1-4H3. The molecule has 0 aromatic heterocycles. The van der Waals surface area contributed by atoms with Gasteiger partial charge in [0.05, 0.1) is 0 Å². The van der Waals surface area contributed by atoms with E-state index in [1.54, 1.807) is 0 Å². The van der Waals surface area contributed by atoms with Gasteiger partial charge in [0.15, 0.2) is 0 Å². The van der Waals surface area contributed by atoms with E-state index in [4.69, 9.17) is 0 Å². The first-order chi connectivity index (χ1) is 6.14. The van der Waals surface area contributed by atoms with E-state index in [0.29, 0.717) is 5.41 Å². The van der Waals surface area contributed by atoms with E-state index in [-0.39, 0.29) is 0 Å². The van der Waals surface area contributed by atoms with Crippen molar-refractivity contribution in [3.8, 4) is 0 Å². The summed E-state index contributed by atoms with van der Waals surface area (Å²) in [6.45, 7) is 10.4. The molecule has 1 aliphatic carbocycles. The first-order valence-electron chi connectivity index (χ1n) is 5.88. The second-order valence-electron chi connectivity index (χ2n) is 4.86. The summed E-state index contributed by atoms with van der Waals surface area (Å²) in [5, 5.41) is 3.58. The van der Waals surface area contributed by atoms with E-state index in [1.165, 1.54) is 25.7 Å². The summed E-state index contributed by atoms with van der Waals surface area (Å²) in [4.78, 5) is 0. The van der Waals surface area contributed by atoms with Gasteiger partial charge in [-0.25, -0.2) is 0 Å². The predicted octanol–water partition coefficient (Wildman–Crippen LogP) is 3.20. The summed E-state index contributed by atoms with van der Waals surface area (Å²) >= 11 is 0. The Labute approximate surface area is 83.3 Å². The predicted molar refractivity (Wildman–Crippen MR) is 58.9 cm³/mol. The summed E-state index contributed by atoms with van der Waals surface area (Å²) < 4.78 is 0. The zero-order valence-electron chi connectivity index (χ0n) is 9.69. The Morgan fingerprint density at radius 1 is 1.23 bits per heavy atom. The van der Waals surface area contributed by atoms with Crippen LogP contribution in [-0.4, -0.2) is 12.6 Å². The minimum atomic E-state index is 0.672. The highest BCUT2D eigenvalue weighted by molar-refractivity contribution is 5.00. The Morgan fingerprint density at radius 2 is 1.85 bits per heavy atom. The van der Waals surface area contributed by atoms with E-state index >= 15 is 0 Å². The topological polar surface area (TPSA) is 12.0 Å². The molecule has 0 spiro atoms. The van der Waals surface area contributed by atoms with Crippen LogP contribution in [0.5, 0.6) is 0 Å². The van der Waals surface area contributed by atoms with E-state index < -0.39 is 0 Å². The quantitative estimate of drug-likeness (QED) is 0.667. The third kappa shape index (κ3) is 2.70. The molecule has 78 valence electrons. The van der Waals surface area contributed by atoms with Crippen LogP contribution in [0.15, 0.2) is 0 Å². The number of hydrogen-bond donors (Lipinski definition) is 1. The minimum Gasteiger partial charge on any atom is -0.314 e. The van der Waals surface area contributed by atoms with Gasteiger partial charge in [0.1, 0.15) is 0 Å². The zero-order valence-corrected chi connectivity index (χ0v) is 9.69. The Morgan fingerprint density at radius 3 is 2.23 bits per heavy atom. The number of rotatable bonds is 6. The zero-order chi connectivity index (χ0) is 9.90. The van der Waals surface area contributed by atoms with Crippen molar-refractivity contribution in [2.75, 3.05) is 6.54 Å². The van der Waals surface area contributed by atoms with Crippen molar-refractivity contribution in [2.45, 2.75) is 59.4 Å². The van der Waals surface area contributed by atoms with Crippen LogP contribution in [-0.2, 0) is 0 Å². The van der Waals surface area contributed by atoms with Crippen LogP contribution in [0.4, 0.5) is 0 Å². The number of hydrogen-bond acceptors (Lipinski definition) is 1. The molecular formula is C12H25N. The van der Waals surface area contributed by atoms with Crippen LogP contribution >= 0.6 is 0 Å². The molecule has 1 rings (SSSR count). The molecule has 0 amide bonds. The molecule has 13 heavy (non-hydrogen) atoms. The summed E-state index contributed by atoms with van der Waals surface area (Å²) in [6, 6.07) is 0.728. The number of nitrogens with one attached hydrogen (secondary N) is 1. The lowest BCUT2D eigenvalue weighted by Gasteiger charge is -2.26. The molecule has 0 bridgehead atoms. The van der Waals surface area contributed by atoms with E-state index in [9.17, 15) is 0 Å². The molecule has 2 unspecified atom stereocenters. The molecule has 1 nitrogen and oxygen atoms in total. The SMILES string of the molecule is CCNC(C)C1(CC(C)CC)CC1. The normalized spacial score (nSPS) is 24.0. The Bertz CT molecular complexity index is 149. The van der Waals surface area contributed by atoms with Gasteiger partial charge in [-0.2, -0.15) is 0 Å². The van der Waals surface area contributed by atoms with Crippen molar-refractivity contribution in [1.29, 1.82) is 0 Å². The molecule has 0 aliphatic heterocycles. The van der Waals surface area contributed by atoms with Gasteiger partial charge < -0.3 is 5.32 Å². The lowest BCUT2D eigenvalue weighted by atomic mass is 9.86. The molecule has 0 saturated heterocycles. The molecular weight excluding hydrogens is 158 g/mol. The molecule has 1 saturated carbocycles. The molecule has 0 aromatic rings. The summed E-state index contributed by atoms with van der Waals surface area (Å²) in [5.41, 5.74) is 0.672. The molecule has 0 radical (unpaired) electrons. The highest BCUT2D eigenvalue weighted by Gasteiger charge is 2.47. The molecule has 1 N–H and O–H groups in total. The van der Waals surface area contributed by atoms with Gasteiger partial charge in [-0.15, -0.1) is 0 Å². The smallest absolute Gasteiger partial charge is 0.00951 e. The minimum absolute atomic E-state index is 0.672. The summed E-state index contributed by atoms with van der Waals surface area (Å²) in [6.07, 6.45) is 5.66. The summed E-state index contributed by atoms with van der Waals surface area (Å²) in [5.74, 6) is 0.906. The maximum Gasteiger partial charge on any atom is 0.00951 e. The fraction of sp³-hybridized carbons (Fsp3) is 1.00. The lowest BCUT2D eigenvalue weighted by Crippen LogP contribution is -2.35. The Balaban J connectivity index is 2.37. The van der Waals surface area contributed by atoms with Crippen LogP contribution in [0, 0.1) is 11.3 Å². The molecule has 2 atom stereocenters. The fourth-order valence-electron chi connectivity index (χ4n) is 2.34. The van der Waals surface area contributed by atoms with Crippen LogP contribution in [0.1, 0.15) is 53.4 Å². The van der Waals surface area contributed by atoms with Crippen molar-refractivity contribution >= 4 is 0 Å². The van der Waals surface area contributed by atoms with Crippen molar-refractivity contribution in [3.05, 3.63) is 0 Å². The van der Waals surface area contributed by atoms with E-state index in [1.807, 2.05) is 0 Å². The highest BCUT2D eigenvalue weighted by Crippen LogP contribution is 2.53. The first kappa shape index (κ1) is 11.0. The second kappa shape index (κ2) is 4.45. The van der Waals surface area contributed by atoms with Crippen LogP contribution in [0.2, 0.25) is 0 Å². The second-order valence-corrected chi connectivity index (χ2v) is 4.86. The van der Waals surface area contributed by atoms with Gasteiger partial charge in [-0.05, 0) is 44.1 Å². The summed E-state index contributed by atoms with van der Waals surface area (Å²) in [7, 11) is 0. The Hall–Kier alpha value is -0.0400. The molecule has 1 heteroatoms. The van der Waals surface area contributed by atoms with Gasteiger partial charge in [0.2, 0.25) is 0 Å². The van der Waals surface area contributed by atoms with Crippen LogP contribution < -0.4 is 5.32 Å². The Kier molecular flexibility index (Phi) is 3.78. The molecule has 1 fully saturated rings. The third-order valence-electron chi connectivity index (χ3n) is 3.77. The van der Waals surface area contributed by atoms with Crippen molar-refractivity contribution in [1.82, 2.24) is 5.32 Å². The maximum atomic E-state index is 3.58. The lowest BCUT2D eigenvalue weighted by molar-refractivity contribution is 0.284. The molecule has 0 aromatic carbocycles. The largest absolute Gasteiger partial charge is 0.314 e. The molecule has 0 heterocycles. The van der Waals surface area contributed by atoms with Gasteiger partial charge in [-0.1, -0.05) is 27.2 Å². The van der Waals surface area contributed by atoms with Gasteiger partial charge in [-0.3, -0.25) is 0 Å². The van der Waals surface area contributed by atoms with Gasteiger partial charge in [0.25, 0.3) is 0 Å². The van der Waals surface area contributed by atoms with Crippen LogP contribution in [0.25, 0.3) is 0 Å². The maximum absolute atomic E-state index is 3.58. The van der Waals surface area contributed by atoms with E-state index in [2.05, 4.69) is 33.0 Å². The average molecular weight is 183 g/mol. The molecule has 1 aliphatic rings. The van der Waals surface area contributed by atoms with Gasteiger partial charge >= 0.3 is 0 Å². The van der Waals surface area contributed by atoms with Crippen LogP contribution in [0.3, 0.4) is 0 Å². The third-order valence-corrected chi connectivity index (χ3v) is 3.77. The van der Waals surface area contributed by atoms with Gasteiger partial charge in [0, 0.05) is 6.04 Å². The van der Waals surface area contributed by atoms with Crippen molar-refractivity contribution in [3.63, 3.8) is 0 Å². The first-order valence-corrected chi connectivity index (χ1v) is 5.88. The monoisotopic (exact) mass is 183 g/mol. The average Bonchev–Trinajstić information content (AvgIpc) is 2.86.